The summed E-state index contributed by atoms with van der Waals surface area (Å²) >= 11 is 3.63. The minimum Gasteiger partial charge on any atom is -0.327 e. The maximum Gasteiger partial charge on any atom is 0.0738 e. The molecule has 20 heavy (non-hydrogen) atoms. The van der Waals surface area contributed by atoms with Crippen LogP contribution in [0.3, 0.4) is 0 Å². The normalized spacial score (nSPS) is 12.6. The Labute approximate surface area is 129 Å². The zero-order valence-corrected chi connectivity index (χ0v) is 13.7. The van der Waals surface area contributed by atoms with Crippen LogP contribution in [0.1, 0.15) is 30.3 Å². The smallest absolute Gasteiger partial charge is 0.0738 e. The molecule has 0 radical (unpaired) electrons. The Morgan fingerprint density at radius 3 is 2.65 bits per heavy atom. The summed E-state index contributed by atoms with van der Waals surface area (Å²) in [6, 6.07) is 10.7. The zero-order chi connectivity index (χ0) is 14.5. The molecule has 108 valence electrons. The van der Waals surface area contributed by atoms with E-state index in [1.165, 1.54) is 11.3 Å². The number of hydrogen-bond donors (Lipinski definition) is 1. The van der Waals surface area contributed by atoms with E-state index in [0.717, 1.165) is 36.0 Å². The molecule has 0 bridgehead atoms. The first kappa shape index (κ1) is 15.3. The molecular weight excluding hydrogens is 314 g/mol. The summed E-state index contributed by atoms with van der Waals surface area (Å²) in [6.07, 6.45) is 2.88. The van der Waals surface area contributed by atoms with Crippen molar-refractivity contribution in [3.63, 3.8) is 0 Å². The van der Waals surface area contributed by atoms with Gasteiger partial charge in [0.15, 0.2) is 0 Å². The number of aryl methyl sites for hydroxylation is 3. The zero-order valence-electron chi connectivity index (χ0n) is 12.1. The standard InChI is InChI=1S/C16H22BrN3/c1-3-20-15(16(17)12(2)19-20)11-14(18)10-9-13-7-5-4-6-8-13/h4-8,14H,3,9-11,18H2,1-2H3. The maximum atomic E-state index is 6.29. The molecule has 0 saturated carbocycles. The molecule has 1 unspecified atom stereocenters. The third-order valence-electron chi connectivity index (χ3n) is 3.55. The van der Waals surface area contributed by atoms with Crippen molar-refractivity contribution in [1.82, 2.24) is 9.78 Å². The van der Waals surface area contributed by atoms with Gasteiger partial charge in [-0.1, -0.05) is 30.3 Å². The Morgan fingerprint density at radius 1 is 1.30 bits per heavy atom. The number of rotatable bonds is 6. The molecule has 0 aliphatic rings. The molecule has 0 spiro atoms. The number of benzene rings is 1. The van der Waals surface area contributed by atoms with Crippen LogP contribution in [0, 0.1) is 6.92 Å². The molecule has 0 aliphatic heterocycles. The van der Waals surface area contributed by atoms with E-state index in [4.69, 9.17) is 5.73 Å². The van der Waals surface area contributed by atoms with Gasteiger partial charge in [0.25, 0.3) is 0 Å². The lowest BCUT2D eigenvalue weighted by molar-refractivity contribution is 0.553. The summed E-state index contributed by atoms with van der Waals surface area (Å²) in [6.45, 7) is 5.01. The quantitative estimate of drug-likeness (QED) is 0.878. The van der Waals surface area contributed by atoms with Crippen molar-refractivity contribution in [3.05, 3.63) is 51.8 Å². The molecule has 2 rings (SSSR count). The van der Waals surface area contributed by atoms with Crippen molar-refractivity contribution in [1.29, 1.82) is 0 Å². The Bertz CT molecular complexity index is 548. The molecule has 1 aromatic carbocycles. The monoisotopic (exact) mass is 335 g/mol. The lowest BCUT2D eigenvalue weighted by atomic mass is 10.0. The second kappa shape index (κ2) is 7.04. The van der Waals surface area contributed by atoms with Crippen LogP contribution in [0.15, 0.2) is 34.8 Å². The summed E-state index contributed by atoms with van der Waals surface area (Å²) in [5.41, 5.74) is 9.90. The van der Waals surface area contributed by atoms with Crippen LogP contribution < -0.4 is 5.73 Å². The summed E-state index contributed by atoms with van der Waals surface area (Å²) in [7, 11) is 0. The van der Waals surface area contributed by atoms with Gasteiger partial charge in [0.05, 0.1) is 15.9 Å². The molecule has 0 fully saturated rings. The largest absolute Gasteiger partial charge is 0.327 e. The fraction of sp³-hybridized carbons (Fsp3) is 0.438. The summed E-state index contributed by atoms with van der Waals surface area (Å²) < 4.78 is 3.15. The Morgan fingerprint density at radius 2 is 2.00 bits per heavy atom. The van der Waals surface area contributed by atoms with Crippen LogP contribution in [0.2, 0.25) is 0 Å². The second-order valence-corrected chi connectivity index (χ2v) is 5.94. The third kappa shape index (κ3) is 3.70. The van der Waals surface area contributed by atoms with Crippen LogP contribution in [0.5, 0.6) is 0 Å². The van der Waals surface area contributed by atoms with E-state index in [0.29, 0.717) is 0 Å². The number of halogens is 1. The first-order valence-corrected chi connectivity index (χ1v) is 7.92. The Balaban J connectivity index is 1.96. The minimum atomic E-state index is 0.160. The van der Waals surface area contributed by atoms with Crippen LogP contribution in [0.4, 0.5) is 0 Å². The van der Waals surface area contributed by atoms with Gasteiger partial charge >= 0.3 is 0 Å². The predicted molar refractivity (Wildman–Crippen MR) is 86.8 cm³/mol. The van der Waals surface area contributed by atoms with Crippen molar-refractivity contribution in [2.45, 2.75) is 45.7 Å². The predicted octanol–water partition coefficient (Wildman–Crippen LogP) is 3.48. The number of nitrogens with two attached hydrogens (primary N) is 1. The fourth-order valence-corrected chi connectivity index (χ4v) is 2.86. The van der Waals surface area contributed by atoms with Gasteiger partial charge in [-0.25, -0.2) is 0 Å². The Hall–Kier alpha value is -1.13. The minimum absolute atomic E-state index is 0.160. The molecule has 0 aliphatic carbocycles. The van der Waals surface area contributed by atoms with Crippen molar-refractivity contribution < 1.29 is 0 Å². The van der Waals surface area contributed by atoms with Crippen molar-refractivity contribution in [2.24, 2.45) is 5.73 Å². The van der Waals surface area contributed by atoms with Crippen molar-refractivity contribution in [2.75, 3.05) is 0 Å². The van der Waals surface area contributed by atoms with Gasteiger partial charge in [0.2, 0.25) is 0 Å². The lowest BCUT2D eigenvalue weighted by Crippen LogP contribution is -2.25. The molecule has 4 heteroatoms. The van der Waals surface area contributed by atoms with Gasteiger partial charge in [-0.3, -0.25) is 4.68 Å². The molecule has 0 amide bonds. The second-order valence-electron chi connectivity index (χ2n) is 5.15. The highest BCUT2D eigenvalue weighted by molar-refractivity contribution is 9.10. The van der Waals surface area contributed by atoms with Gasteiger partial charge in [-0.15, -0.1) is 0 Å². The SMILES string of the molecule is CCn1nc(C)c(Br)c1CC(N)CCc1ccccc1. The molecule has 1 aromatic heterocycles. The molecule has 1 atom stereocenters. The first-order valence-electron chi connectivity index (χ1n) is 7.13. The maximum absolute atomic E-state index is 6.29. The average Bonchev–Trinajstić information content (AvgIpc) is 2.74. The molecule has 1 heterocycles. The lowest BCUT2D eigenvalue weighted by Gasteiger charge is -2.13. The van der Waals surface area contributed by atoms with Gasteiger partial charge in [0, 0.05) is 19.0 Å². The van der Waals surface area contributed by atoms with E-state index in [1.807, 2.05) is 17.7 Å². The average molecular weight is 336 g/mol. The topological polar surface area (TPSA) is 43.8 Å². The van der Waals surface area contributed by atoms with Crippen molar-refractivity contribution in [3.8, 4) is 0 Å². The Kier molecular flexibility index (Phi) is 5.38. The molecule has 0 saturated heterocycles. The van der Waals surface area contributed by atoms with Crippen molar-refractivity contribution >= 4 is 15.9 Å². The van der Waals surface area contributed by atoms with E-state index in [9.17, 15) is 0 Å². The van der Waals surface area contributed by atoms with Crippen LogP contribution >= 0.6 is 15.9 Å². The summed E-state index contributed by atoms with van der Waals surface area (Å²) in [5.74, 6) is 0. The highest BCUT2D eigenvalue weighted by Gasteiger charge is 2.15. The van der Waals surface area contributed by atoms with Gasteiger partial charge in [-0.05, 0) is 48.2 Å². The third-order valence-corrected chi connectivity index (χ3v) is 4.59. The van der Waals surface area contributed by atoms with Crippen LogP contribution in [0.25, 0.3) is 0 Å². The van der Waals surface area contributed by atoms with E-state index in [-0.39, 0.29) is 6.04 Å². The van der Waals surface area contributed by atoms with E-state index in [1.54, 1.807) is 0 Å². The molecule has 2 aromatic rings. The fourth-order valence-electron chi connectivity index (χ4n) is 2.41. The number of aromatic nitrogens is 2. The highest BCUT2D eigenvalue weighted by Crippen LogP contribution is 2.22. The van der Waals surface area contributed by atoms with Gasteiger partial charge in [-0.2, -0.15) is 5.10 Å². The van der Waals surface area contributed by atoms with Gasteiger partial charge in [0.1, 0.15) is 0 Å². The summed E-state index contributed by atoms with van der Waals surface area (Å²) in [5, 5.41) is 4.51. The first-order chi connectivity index (χ1) is 9.61. The molecular formula is C16H22BrN3. The van der Waals surface area contributed by atoms with Gasteiger partial charge < -0.3 is 5.73 Å². The molecule has 3 nitrogen and oxygen atoms in total. The summed E-state index contributed by atoms with van der Waals surface area (Å²) in [4.78, 5) is 0. The van der Waals surface area contributed by atoms with E-state index >= 15 is 0 Å². The highest BCUT2D eigenvalue weighted by atomic mass is 79.9. The van der Waals surface area contributed by atoms with Crippen LogP contribution in [-0.4, -0.2) is 15.8 Å². The number of hydrogen-bond acceptors (Lipinski definition) is 2. The number of nitrogens with zero attached hydrogens (tertiary/aromatic N) is 2. The van der Waals surface area contributed by atoms with E-state index < -0.39 is 0 Å². The van der Waals surface area contributed by atoms with Crippen LogP contribution in [-0.2, 0) is 19.4 Å². The molecule has 2 N–H and O–H groups in total. The van der Waals surface area contributed by atoms with E-state index in [2.05, 4.69) is 52.2 Å².